The highest BCUT2D eigenvalue weighted by Crippen LogP contribution is 2.35. The molecule has 0 fully saturated rings. The average molecular weight is 303 g/mol. The number of carbonyl (C=O) groups is 1. The molecule has 0 aromatic heterocycles. The molecule has 0 bridgehead atoms. The van der Waals surface area contributed by atoms with Crippen LogP contribution in [-0.2, 0) is 9.53 Å². The summed E-state index contributed by atoms with van der Waals surface area (Å²) in [5.41, 5.74) is 4.16. The molecule has 1 aliphatic carbocycles. The smallest absolute Gasteiger partial charge is 0.308 e. The molecule has 0 spiro atoms. The molecule has 1 aromatic carbocycles. The van der Waals surface area contributed by atoms with Crippen LogP contribution in [0.4, 0.5) is 0 Å². The first-order chi connectivity index (χ1) is 9.99. The first-order valence-electron chi connectivity index (χ1n) is 7.00. The Kier molecular flexibility index (Phi) is 5.03. The van der Waals surface area contributed by atoms with Crippen molar-refractivity contribution in [3.05, 3.63) is 63.9 Å². The maximum atomic E-state index is 11.4. The van der Waals surface area contributed by atoms with Crippen molar-refractivity contribution in [2.45, 2.75) is 33.6 Å². The monoisotopic (exact) mass is 302 g/mol. The van der Waals surface area contributed by atoms with Gasteiger partial charge in [-0.1, -0.05) is 53.6 Å². The Bertz CT molecular complexity index is 636. The molecule has 21 heavy (non-hydrogen) atoms. The Labute approximate surface area is 130 Å². The average Bonchev–Trinajstić information content (AvgIpc) is 2.47. The third kappa shape index (κ3) is 3.85. The maximum absolute atomic E-state index is 11.4. The number of hydrogen-bond acceptors (Lipinski definition) is 2. The topological polar surface area (TPSA) is 26.3 Å². The van der Waals surface area contributed by atoms with E-state index in [-0.39, 0.29) is 5.97 Å². The number of halogens is 1. The number of allylic oxidation sites excluding steroid dienone is 5. The van der Waals surface area contributed by atoms with Crippen LogP contribution in [0.1, 0.15) is 39.2 Å². The second-order valence-corrected chi connectivity index (χ2v) is 5.67. The Morgan fingerprint density at radius 2 is 1.81 bits per heavy atom. The molecule has 0 heterocycles. The molecular weight excluding hydrogens is 284 g/mol. The molecule has 0 atom stereocenters. The van der Waals surface area contributed by atoms with Crippen LogP contribution in [0.5, 0.6) is 0 Å². The Morgan fingerprint density at radius 1 is 1.14 bits per heavy atom. The fraction of sp³-hybridized carbons (Fsp3) is 0.278. The van der Waals surface area contributed by atoms with Gasteiger partial charge in [-0.3, -0.25) is 4.79 Å². The minimum atomic E-state index is -0.351. The Hall–Kier alpha value is -1.80. The van der Waals surface area contributed by atoms with Crippen LogP contribution in [-0.4, -0.2) is 5.97 Å². The minimum absolute atomic E-state index is 0.351. The van der Waals surface area contributed by atoms with Crippen LogP contribution in [0.2, 0.25) is 0 Å². The lowest BCUT2D eigenvalue weighted by Gasteiger charge is -2.17. The van der Waals surface area contributed by atoms with Gasteiger partial charge in [-0.15, -0.1) is 0 Å². The molecule has 2 rings (SSSR count). The largest absolute Gasteiger partial charge is 0.425 e. The van der Waals surface area contributed by atoms with Crippen LogP contribution >= 0.6 is 11.6 Å². The van der Waals surface area contributed by atoms with Gasteiger partial charge in [0.05, 0.1) is 5.03 Å². The van der Waals surface area contributed by atoms with Gasteiger partial charge in [0.1, 0.15) is 5.76 Å². The summed E-state index contributed by atoms with van der Waals surface area (Å²) in [5.74, 6) is 0.142. The molecule has 1 aromatic rings. The van der Waals surface area contributed by atoms with Crippen LogP contribution in [0.25, 0.3) is 5.57 Å². The van der Waals surface area contributed by atoms with Crippen LogP contribution in [0.15, 0.2) is 58.3 Å². The quantitative estimate of drug-likeness (QED) is 0.701. The molecule has 3 heteroatoms. The van der Waals surface area contributed by atoms with Gasteiger partial charge < -0.3 is 4.74 Å². The van der Waals surface area contributed by atoms with E-state index in [1.54, 1.807) is 0 Å². The van der Waals surface area contributed by atoms with E-state index in [0.29, 0.717) is 10.8 Å². The van der Waals surface area contributed by atoms with Crippen molar-refractivity contribution < 1.29 is 9.53 Å². The standard InChI is InChI=1S/C18H19ClO2/c1-12-9-10-13(2)18(21-14(3)20)17(19)16(11-12)15-7-5-4-6-8-15/h4-8,11H,9-10H2,1-3H3/b12-11-,17-16-,18-13+. The molecule has 0 aliphatic heterocycles. The van der Waals surface area contributed by atoms with Gasteiger partial charge in [-0.2, -0.15) is 0 Å². The molecule has 0 N–H and O–H groups in total. The Morgan fingerprint density at radius 3 is 2.43 bits per heavy atom. The first-order valence-corrected chi connectivity index (χ1v) is 7.37. The van der Waals surface area contributed by atoms with E-state index in [0.717, 1.165) is 29.6 Å². The SMILES string of the molecule is CC(=O)OC1=C(\C)CC\C(C)=C/C(c2ccccc2)=C\1Cl. The second kappa shape index (κ2) is 6.77. The van der Waals surface area contributed by atoms with Crippen LogP contribution in [0.3, 0.4) is 0 Å². The van der Waals surface area contributed by atoms with Crippen molar-refractivity contribution in [1.29, 1.82) is 0 Å². The van der Waals surface area contributed by atoms with Gasteiger partial charge in [0, 0.05) is 12.5 Å². The minimum Gasteiger partial charge on any atom is -0.425 e. The number of benzene rings is 1. The molecule has 0 saturated heterocycles. The van der Waals surface area contributed by atoms with Gasteiger partial charge in [-0.05, 0) is 37.8 Å². The summed E-state index contributed by atoms with van der Waals surface area (Å²) in [6.07, 6.45) is 3.84. The molecule has 0 radical (unpaired) electrons. The molecule has 110 valence electrons. The predicted octanol–water partition coefficient (Wildman–Crippen LogP) is 5.21. The number of carbonyl (C=O) groups excluding carboxylic acids is 1. The van der Waals surface area contributed by atoms with E-state index in [1.165, 1.54) is 12.5 Å². The number of rotatable bonds is 2. The van der Waals surface area contributed by atoms with E-state index < -0.39 is 0 Å². The number of esters is 1. The van der Waals surface area contributed by atoms with E-state index in [2.05, 4.69) is 13.0 Å². The van der Waals surface area contributed by atoms with Crippen molar-refractivity contribution in [2.24, 2.45) is 0 Å². The highest BCUT2D eigenvalue weighted by Gasteiger charge is 2.18. The van der Waals surface area contributed by atoms with Gasteiger partial charge in [0.2, 0.25) is 0 Å². The molecule has 1 aliphatic rings. The summed E-state index contributed by atoms with van der Waals surface area (Å²) < 4.78 is 5.36. The third-order valence-corrected chi connectivity index (χ3v) is 3.81. The molecule has 0 saturated carbocycles. The highest BCUT2D eigenvalue weighted by atomic mass is 35.5. The molecule has 0 amide bonds. The predicted molar refractivity (Wildman–Crippen MR) is 86.7 cm³/mol. The summed E-state index contributed by atoms with van der Waals surface area (Å²) in [6.45, 7) is 5.45. The fourth-order valence-corrected chi connectivity index (χ4v) is 2.66. The van der Waals surface area contributed by atoms with Crippen LogP contribution < -0.4 is 0 Å². The van der Waals surface area contributed by atoms with Crippen molar-refractivity contribution >= 4 is 23.1 Å². The van der Waals surface area contributed by atoms with E-state index >= 15 is 0 Å². The summed E-state index contributed by atoms with van der Waals surface area (Å²) in [4.78, 5) is 11.4. The van der Waals surface area contributed by atoms with Crippen molar-refractivity contribution in [2.75, 3.05) is 0 Å². The highest BCUT2D eigenvalue weighted by molar-refractivity contribution is 6.35. The van der Waals surface area contributed by atoms with Crippen molar-refractivity contribution in [3.8, 4) is 0 Å². The zero-order valence-electron chi connectivity index (χ0n) is 12.6. The zero-order valence-corrected chi connectivity index (χ0v) is 13.3. The van der Waals surface area contributed by atoms with Crippen molar-refractivity contribution in [1.82, 2.24) is 0 Å². The lowest BCUT2D eigenvalue weighted by molar-refractivity contribution is -0.136. The first kappa shape index (κ1) is 15.6. The summed E-state index contributed by atoms with van der Waals surface area (Å²) >= 11 is 6.56. The van der Waals surface area contributed by atoms with E-state index in [1.807, 2.05) is 37.3 Å². The van der Waals surface area contributed by atoms with Gasteiger partial charge >= 0.3 is 5.97 Å². The summed E-state index contributed by atoms with van der Waals surface area (Å²) in [5, 5.41) is 0.493. The molecule has 0 unspecified atom stereocenters. The lowest BCUT2D eigenvalue weighted by Crippen LogP contribution is -2.05. The molecular formula is C18H19ClO2. The van der Waals surface area contributed by atoms with Gasteiger partial charge in [0.15, 0.2) is 0 Å². The van der Waals surface area contributed by atoms with Gasteiger partial charge in [0.25, 0.3) is 0 Å². The van der Waals surface area contributed by atoms with E-state index in [9.17, 15) is 4.79 Å². The second-order valence-electron chi connectivity index (χ2n) is 5.29. The zero-order chi connectivity index (χ0) is 15.4. The maximum Gasteiger partial charge on any atom is 0.308 e. The van der Waals surface area contributed by atoms with Crippen molar-refractivity contribution in [3.63, 3.8) is 0 Å². The van der Waals surface area contributed by atoms with E-state index in [4.69, 9.17) is 16.3 Å². The molecule has 2 nitrogen and oxygen atoms in total. The number of ether oxygens (including phenoxy) is 1. The lowest BCUT2D eigenvalue weighted by atomic mass is 9.95. The van der Waals surface area contributed by atoms with Crippen LogP contribution in [0, 0.1) is 0 Å². The normalized spacial score (nSPS) is 25.6. The summed E-state index contributed by atoms with van der Waals surface area (Å²) in [7, 11) is 0. The summed E-state index contributed by atoms with van der Waals surface area (Å²) in [6, 6.07) is 9.91. The third-order valence-electron chi connectivity index (χ3n) is 3.44. The number of hydrogen-bond donors (Lipinski definition) is 0. The Balaban J connectivity index is 2.62. The fourth-order valence-electron chi connectivity index (χ4n) is 2.29. The van der Waals surface area contributed by atoms with Gasteiger partial charge in [-0.25, -0.2) is 0 Å².